The Hall–Kier alpha value is -0.0400. The normalized spacial score (nSPS) is 24.3. The van der Waals surface area contributed by atoms with E-state index in [2.05, 4.69) is 0 Å². The van der Waals surface area contributed by atoms with Gasteiger partial charge in [0.25, 0.3) is 0 Å². The molecule has 0 atom stereocenters. The van der Waals surface area contributed by atoms with Crippen LogP contribution in [-0.4, -0.2) is 57.7 Å². The fraction of sp³-hybridized carbons (Fsp3) is 0.889. The minimum atomic E-state index is 0.243. The summed E-state index contributed by atoms with van der Waals surface area (Å²) in [6, 6.07) is 0.243. The molecule has 0 spiro atoms. The van der Waals surface area contributed by atoms with Crippen molar-refractivity contribution in [1.82, 2.24) is 9.80 Å². The van der Waals surface area contributed by atoms with Gasteiger partial charge in [-0.1, -0.05) is 0 Å². The van der Waals surface area contributed by atoms with Crippen LogP contribution in [0.5, 0.6) is 0 Å². The van der Waals surface area contributed by atoms with E-state index in [4.69, 9.17) is 4.74 Å². The van der Waals surface area contributed by atoms with Crippen molar-refractivity contribution in [1.29, 1.82) is 0 Å². The van der Waals surface area contributed by atoms with Gasteiger partial charge in [0.2, 0.25) is 0 Å². The number of rotatable bonds is 0. The number of hydrogen-bond donors (Lipinski definition) is 0. The Morgan fingerprint density at radius 1 is 1.14 bits per heavy atom. The summed E-state index contributed by atoms with van der Waals surface area (Å²) in [5.74, 6) is 0. The molecule has 0 N–H and O–H groups in total. The first-order chi connectivity index (χ1) is 6.88. The van der Waals surface area contributed by atoms with Crippen molar-refractivity contribution in [3.8, 4) is 0 Å². The summed E-state index contributed by atoms with van der Waals surface area (Å²) in [5, 5.41) is 0. The second kappa shape index (κ2) is 5.16. The number of alkyl halides is 2. The number of morpholine rings is 1. The van der Waals surface area contributed by atoms with Gasteiger partial charge in [0.1, 0.15) is 0 Å². The zero-order valence-electron chi connectivity index (χ0n) is 8.25. The van der Waals surface area contributed by atoms with E-state index in [1.54, 1.807) is 0 Å². The van der Waals surface area contributed by atoms with Crippen LogP contribution in [0.15, 0.2) is 0 Å². The predicted molar refractivity (Wildman–Crippen MR) is 48.8 cm³/mol. The molecule has 0 aromatic heterocycles. The van der Waals surface area contributed by atoms with Crippen LogP contribution < -0.4 is 21.2 Å². The maximum absolute atomic E-state index is 12.0. The summed E-state index contributed by atoms with van der Waals surface area (Å²) in [5.41, 5.74) is 0. The van der Waals surface area contributed by atoms with Crippen LogP contribution in [0.4, 0.5) is 4.79 Å². The molecule has 0 aliphatic carbocycles. The summed E-state index contributed by atoms with van der Waals surface area (Å²) in [6.45, 7) is 3.92. The molecule has 82 valence electrons. The maximum atomic E-state index is 12.0. The SMILES string of the molecule is O=C(N1CCOCC1)N1CCC[I-]C1. The van der Waals surface area contributed by atoms with Gasteiger partial charge >= 0.3 is 94.8 Å². The van der Waals surface area contributed by atoms with E-state index in [0.717, 1.165) is 24.2 Å². The molecule has 0 unspecified atom stereocenters. The van der Waals surface area contributed by atoms with Crippen molar-refractivity contribution in [3.05, 3.63) is 0 Å². The van der Waals surface area contributed by atoms with E-state index < -0.39 is 0 Å². The number of ether oxygens (including phenoxy) is 1. The monoisotopic (exact) mass is 311 g/mol. The van der Waals surface area contributed by atoms with Crippen LogP contribution in [-0.2, 0) is 4.74 Å². The molecule has 2 rings (SSSR count). The van der Waals surface area contributed by atoms with Gasteiger partial charge in [0.05, 0.1) is 0 Å². The van der Waals surface area contributed by atoms with Crippen LogP contribution in [0.25, 0.3) is 0 Å². The van der Waals surface area contributed by atoms with E-state index in [-0.39, 0.29) is 27.2 Å². The van der Waals surface area contributed by atoms with E-state index in [9.17, 15) is 4.79 Å². The molecule has 2 amide bonds. The molecular formula is C9H16IN2O2-. The molecule has 4 nitrogen and oxygen atoms in total. The van der Waals surface area contributed by atoms with E-state index in [1.807, 2.05) is 9.80 Å². The third-order valence-electron chi connectivity index (χ3n) is 2.48. The Bertz CT molecular complexity index is 181. The average molecular weight is 311 g/mol. The van der Waals surface area contributed by atoms with Crippen LogP contribution in [0.1, 0.15) is 6.42 Å². The number of hydrogen-bond acceptors (Lipinski definition) is 2. The molecule has 14 heavy (non-hydrogen) atoms. The molecule has 0 saturated carbocycles. The average Bonchev–Trinajstić information content (AvgIpc) is 2.30. The van der Waals surface area contributed by atoms with E-state index >= 15 is 0 Å². The van der Waals surface area contributed by atoms with Crippen molar-refractivity contribution < 1.29 is 30.7 Å². The number of nitrogens with zero attached hydrogens (tertiary/aromatic N) is 2. The summed E-state index contributed by atoms with van der Waals surface area (Å²) >= 11 is 0.266. The molecule has 5 heteroatoms. The van der Waals surface area contributed by atoms with E-state index in [0.29, 0.717) is 13.2 Å². The van der Waals surface area contributed by atoms with Gasteiger partial charge in [0.15, 0.2) is 0 Å². The first-order valence-electron chi connectivity index (χ1n) is 5.03. The van der Waals surface area contributed by atoms with Crippen LogP contribution in [0.3, 0.4) is 0 Å². The number of urea groups is 1. The Kier molecular flexibility index (Phi) is 3.86. The zero-order valence-corrected chi connectivity index (χ0v) is 10.4. The van der Waals surface area contributed by atoms with Gasteiger partial charge in [-0.15, -0.1) is 0 Å². The third-order valence-corrected chi connectivity index (χ3v) is 5.31. The first kappa shape index (κ1) is 10.5. The van der Waals surface area contributed by atoms with Gasteiger partial charge < -0.3 is 0 Å². The minimum absolute atomic E-state index is 0.243. The van der Waals surface area contributed by atoms with Gasteiger partial charge in [0, 0.05) is 0 Å². The van der Waals surface area contributed by atoms with Gasteiger partial charge in [-0.25, -0.2) is 0 Å². The van der Waals surface area contributed by atoms with Crippen molar-refractivity contribution in [2.45, 2.75) is 6.42 Å². The fourth-order valence-electron chi connectivity index (χ4n) is 1.67. The van der Waals surface area contributed by atoms with Crippen LogP contribution >= 0.6 is 0 Å². The number of carbonyl (C=O) groups is 1. The Labute approximate surface area is 94.8 Å². The summed E-state index contributed by atoms with van der Waals surface area (Å²) in [6.07, 6.45) is 1.21. The standard InChI is InChI=1S/C9H16IN2O2/c13-9(11-4-6-14-7-5-11)12-3-1-2-10-8-12/h1-8H2/q-1. The summed E-state index contributed by atoms with van der Waals surface area (Å²) in [4.78, 5) is 15.9. The van der Waals surface area contributed by atoms with Crippen LogP contribution in [0, 0.1) is 0 Å². The molecule has 2 fully saturated rings. The third kappa shape index (κ3) is 2.50. The molecule has 2 aliphatic rings. The number of carbonyl (C=O) groups excluding carboxylic acids is 1. The Balaban J connectivity index is 1.85. The quantitative estimate of drug-likeness (QED) is 0.275. The molecule has 0 radical (unpaired) electrons. The second-order valence-electron chi connectivity index (χ2n) is 3.50. The Morgan fingerprint density at radius 2 is 1.93 bits per heavy atom. The summed E-state index contributed by atoms with van der Waals surface area (Å²) in [7, 11) is 0. The van der Waals surface area contributed by atoms with Crippen molar-refractivity contribution >= 4 is 6.03 Å². The Morgan fingerprint density at radius 3 is 2.57 bits per heavy atom. The predicted octanol–water partition coefficient (Wildman–Crippen LogP) is -2.81. The van der Waals surface area contributed by atoms with E-state index in [1.165, 1.54) is 10.8 Å². The molecule has 2 heterocycles. The van der Waals surface area contributed by atoms with Crippen LogP contribution in [0.2, 0.25) is 0 Å². The first-order valence-corrected chi connectivity index (χ1v) is 8.08. The van der Waals surface area contributed by atoms with Gasteiger partial charge in [-0.3, -0.25) is 0 Å². The zero-order chi connectivity index (χ0) is 9.80. The fourth-order valence-corrected chi connectivity index (χ4v) is 4.10. The van der Waals surface area contributed by atoms with Crippen molar-refractivity contribution in [2.75, 3.05) is 41.8 Å². The van der Waals surface area contributed by atoms with Gasteiger partial charge in [-0.05, 0) is 0 Å². The molecule has 0 aromatic carbocycles. The van der Waals surface area contributed by atoms with Gasteiger partial charge in [-0.2, -0.15) is 0 Å². The number of halogens is 1. The molecule has 2 saturated heterocycles. The molecule has 0 aromatic rings. The topological polar surface area (TPSA) is 32.8 Å². The number of amides is 2. The molecule has 2 aliphatic heterocycles. The van der Waals surface area contributed by atoms with Crippen molar-refractivity contribution in [2.24, 2.45) is 0 Å². The molecular weight excluding hydrogens is 295 g/mol. The second-order valence-corrected chi connectivity index (χ2v) is 6.34. The molecule has 0 bridgehead atoms. The van der Waals surface area contributed by atoms with Crippen molar-refractivity contribution in [3.63, 3.8) is 0 Å². The summed E-state index contributed by atoms with van der Waals surface area (Å²) < 4.78 is 7.66.